The molecule has 0 bridgehead atoms. The number of aromatic nitrogens is 1. The first-order chi connectivity index (χ1) is 5.24. The molecule has 0 aromatic carbocycles. The summed E-state index contributed by atoms with van der Waals surface area (Å²) >= 11 is 6.41. The Morgan fingerprint density at radius 3 is 2.67 bits per heavy atom. The molecule has 0 aliphatic heterocycles. The summed E-state index contributed by atoms with van der Waals surface area (Å²) in [6, 6.07) is 1.76. The van der Waals surface area contributed by atoms with Gasteiger partial charge in [0.1, 0.15) is 0 Å². The van der Waals surface area contributed by atoms with Gasteiger partial charge >= 0.3 is 29.6 Å². The zero-order chi connectivity index (χ0) is 8.27. The Morgan fingerprint density at radius 2 is 2.17 bits per heavy atom. The number of anilines is 1. The number of halogens is 2. The molecule has 0 fully saturated rings. The molecule has 0 saturated heterocycles. The van der Waals surface area contributed by atoms with Crippen molar-refractivity contribution >= 4 is 37.7 Å². The van der Waals surface area contributed by atoms with Crippen LogP contribution in [0.3, 0.4) is 0 Å². The van der Waals surface area contributed by atoms with E-state index >= 15 is 0 Å². The fourth-order valence-electron chi connectivity index (χ4n) is 0.540. The Bertz CT molecular complexity index is 283. The van der Waals surface area contributed by atoms with Gasteiger partial charge in [-0.1, -0.05) is 0 Å². The molecule has 0 aliphatic carbocycles. The first-order valence-electron chi connectivity index (χ1n) is 2.63. The van der Waals surface area contributed by atoms with Crippen molar-refractivity contribution in [3.8, 4) is 0 Å². The van der Waals surface area contributed by atoms with Crippen LogP contribution in [0.5, 0.6) is 0 Å². The summed E-state index contributed by atoms with van der Waals surface area (Å²) in [5, 5.41) is 2.49. The molecule has 1 rings (SSSR count). The van der Waals surface area contributed by atoms with Crippen molar-refractivity contribution in [2.45, 2.75) is 0 Å². The van der Waals surface area contributed by atoms with Crippen molar-refractivity contribution in [3.05, 3.63) is 26.1 Å². The molecule has 0 aliphatic rings. The summed E-state index contributed by atoms with van der Waals surface area (Å²) < 4.78 is 1.52. The van der Waals surface area contributed by atoms with Crippen LogP contribution in [0.2, 0.25) is 0 Å². The van der Waals surface area contributed by atoms with Crippen molar-refractivity contribution in [3.63, 3.8) is 0 Å². The third-order valence-electron chi connectivity index (χ3n) is 0.959. The normalized spacial score (nSPS) is 8.50. The quantitative estimate of drug-likeness (QED) is 0.464. The molecule has 12 heavy (non-hydrogen) atoms. The van der Waals surface area contributed by atoms with Gasteiger partial charge in [-0.2, -0.15) is 0 Å². The van der Waals surface area contributed by atoms with E-state index < -0.39 is 0 Å². The monoisotopic (exact) mass is 302 g/mol. The van der Waals surface area contributed by atoms with E-state index in [4.69, 9.17) is 0 Å². The van der Waals surface area contributed by atoms with Crippen LogP contribution in [0.25, 0.3) is 0 Å². The summed E-state index contributed by atoms with van der Waals surface area (Å²) in [6.45, 7) is 0. The summed E-state index contributed by atoms with van der Waals surface area (Å²) in [5.41, 5.74) is 2.19. The number of hydrogen-bond donors (Lipinski definition) is 1. The SMILES string of the molecule is O=NNc1ncc(Br)cc1Br.[Na+]. The maximum Gasteiger partial charge on any atom is 1.00 e. The molecule has 1 heterocycles. The molecule has 0 saturated carbocycles. The Hall–Kier alpha value is 0.510. The Balaban J connectivity index is 0.00000121. The van der Waals surface area contributed by atoms with Crippen molar-refractivity contribution in [2.24, 2.45) is 5.29 Å². The van der Waals surface area contributed by atoms with Crippen LogP contribution in [0.4, 0.5) is 5.82 Å². The Kier molecular flexibility index (Phi) is 6.30. The van der Waals surface area contributed by atoms with E-state index in [2.05, 4.69) is 47.6 Å². The molecular weight excluding hydrogens is 301 g/mol. The fourth-order valence-corrected chi connectivity index (χ4v) is 1.62. The minimum atomic E-state index is 0. The van der Waals surface area contributed by atoms with Gasteiger partial charge in [0.2, 0.25) is 0 Å². The predicted octanol–water partition coefficient (Wildman–Crippen LogP) is -0.296. The van der Waals surface area contributed by atoms with Crippen LogP contribution < -0.4 is 35.0 Å². The summed E-state index contributed by atoms with van der Waals surface area (Å²) in [4.78, 5) is 13.6. The van der Waals surface area contributed by atoms with Gasteiger partial charge in [0, 0.05) is 10.7 Å². The average Bonchev–Trinajstić information content (AvgIpc) is 1.95. The zero-order valence-corrected chi connectivity index (χ0v) is 11.4. The van der Waals surface area contributed by atoms with E-state index in [1.807, 2.05) is 0 Å². The second-order valence-corrected chi connectivity index (χ2v) is 3.46. The van der Waals surface area contributed by atoms with Gasteiger partial charge in [0.25, 0.3) is 0 Å². The smallest absolute Gasteiger partial charge is 0.235 e. The van der Waals surface area contributed by atoms with Gasteiger partial charge in [-0.05, 0) is 37.9 Å². The number of nitrogens with one attached hydrogen (secondary N) is 1. The molecule has 0 amide bonds. The minimum absolute atomic E-state index is 0. The van der Waals surface area contributed by atoms with E-state index in [-0.39, 0.29) is 29.6 Å². The molecule has 4 nitrogen and oxygen atoms in total. The van der Waals surface area contributed by atoms with Crippen LogP contribution in [0.15, 0.2) is 26.5 Å². The van der Waals surface area contributed by atoms with Crippen LogP contribution >= 0.6 is 31.9 Å². The topological polar surface area (TPSA) is 54.4 Å². The first-order valence-corrected chi connectivity index (χ1v) is 4.22. The van der Waals surface area contributed by atoms with Crippen LogP contribution in [0, 0.1) is 4.91 Å². The third kappa shape index (κ3) is 3.49. The third-order valence-corrected chi connectivity index (χ3v) is 2.00. The Morgan fingerprint density at radius 1 is 1.50 bits per heavy atom. The molecule has 0 unspecified atom stereocenters. The van der Waals surface area contributed by atoms with Gasteiger partial charge < -0.3 is 0 Å². The van der Waals surface area contributed by atoms with Crippen LogP contribution in [-0.2, 0) is 0 Å². The van der Waals surface area contributed by atoms with Gasteiger partial charge in [0.15, 0.2) is 5.82 Å². The van der Waals surface area contributed by atoms with Gasteiger partial charge in [0.05, 0.1) is 9.76 Å². The molecular formula is C5H3Br2N3NaO+. The van der Waals surface area contributed by atoms with E-state index in [1.165, 1.54) is 0 Å². The number of nitrogens with zero attached hydrogens (tertiary/aromatic N) is 2. The van der Waals surface area contributed by atoms with Crippen molar-refractivity contribution < 1.29 is 29.6 Å². The molecule has 0 atom stereocenters. The molecule has 1 N–H and O–H groups in total. The molecule has 0 radical (unpaired) electrons. The maximum atomic E-state index is 9.78. The van der Waals surface area contributed by atoms with Crippen LogP contribution in [-0.4, -0.2) is 4.98 Å². The van der Waals surface area contributed by atoms with E-state index in [0.29, 0.717) is 10.3 Å². The summed E-state index contributed by atoms with van der Waals surface area (Å²) in [6.07, 6.45) is 1.57. The van der Waals surface area contributed by atoms with Gasteiger partial charge in [-0.15, -0.1) is 4.91 Å². The largest absolute Gasteiger partial charge is 1.00 e. The predicted molar refractivity (Wildman–Crippen MR) is 49.1 cm³/mol. The van der Waals surface area contributed by atoms with E-state index in [9.17, 15) is 4.91 Å². The van der Waals surface area contributed by atoms with Crippen LogP contribution in [0.1, 0.15) is 0 Å². The molecule has 58 valence electrons. The molecule has 0 spiro atoms. The zero-order valence-electron chi connectivity index (χ0n) is 6.21. The van der Waals surface area contributed by atoms with Gasteiger partial charge in [-0.3, -0.25) is 0 Å². The number of rotatable bonds is 2. The molecule has 1 aromatic rings. The number of nitroso groups, excluding NO2 is 1. The van der Waals surface area contributed by atoms with Crippen molar-refractivity contribution in [1.29, 1.82) is 0 Å². The van der Waals surface area contributed by atoms with E-state index in [0.717, 1.165) is 4.47 Å². The van der Waals surface area contributed by atoms with E-state index in [1.54, 1.807) is 12.3 Å². The fraction of sp³-hybridized carbons (Fsp3) is 0. The maximum absolute atomic E-state index is 9.78. The average molecular weight is 304 g/mol. The van der Waals surface area contributed by atoms with Crippen molar-refractivity contribution in [2.75, 3.05) is 5.43 Å². The Labute approximate surface area is 108 Å². The first kappa shape index (κ1) is 12.5. The summed E-state index contributed by atoms with van der Waals surface area (Å²) in [7, 11) is 0. The molecule has 1 aromatic heterocycles. The van der Waals surface area contributed by atoms with Gasteiger partial charge in [-0.25, -0.2) is 10.4 Å². The minimum Gasteiger partial charge on any atom is -0.235 e. The second kappa shape index (κ2) is 6.04. The molecule has 7 heteroatoms. The second-order valence-electron chi connectivity index (χ2n) is 1.69. The summed E-state index contributed by atoms with van der Waals surface area (Å²) in [5.74, 6) is 0.406. The standard InChI is InChI=1S/C5H3Br2N3O.Na/c6-3-1-4(7)5(8-2-3)9-10-11;/h1-2H,(H,8,9,11);/q;+1. The number of hydrogen-bond acceptors (Lipinski definition) is 3. The van der Waals surface area contributed by atoms with Crippen molar-refractivity contribution in [1.82, 2.24) is 4.98 Å². The number of pyridine rings is 1.